The normalized spacial score (nSPS) is 11.2. The van der Waals surface area contributed by atoms with E-state index in [-0.39, 0.29) is 0 Å². The number of fused-ring (bicyclic) bond motifs is 3. The minimum atomic E-state index is 0.773. The van der Waals surface area contributed by atoms with E-state index in [1.54, 1.807) is 0 Å². The molecule has 98 valence electrons. The average molecular weight is 254 g/mol. The van der Waals surface area contributed by atoms with E-state index >= 15 is 0 Å². The van der Waals surface area contributed by atoms with Crippen LogP contribution in [0.3, 0.4) is 0 Å². The van der Waals surface area contributed by atoms with E-state index in [0.29, 0.717) is 0 Å². The summed E-state index contributed by atoms with van der Waals surface area (Å²) in [6, 6.07) is 12.1. The van der Waals surface area contributed by atoms with Crippen molar-refractivity contribution in [1.82, 2.24) is 4.98 Å². The lowest BCUT2D eigenvalue weighted by molar-refractivity contribution is 0.310. The Kier molecular flexibility index (Phi) is 3.03. The number of nitrogen functional groups attached to an aromatic ring is 1. The van der Waals surface area contributed by atoms with Crippen LogP contribution in [0.15, 0.2) is 36.4 Å². The molecule has 0 unspecified atom stereocenters. The minimum absolute atomic E-state index is 0.773. The van der Waals surface area contributed by atoms with Crippen molar-refractivity contribution in [2.75, 3.05) is 12.3 Å². The van der Waals surface area contributed by atoms with Gasteiger partial charge in [0.25, 0.3) is 0 Å². The number of hydrogen-bond acceptors (Lipinski definition) is 2. The van der Waals surface area contributed by atoms with Gasteiger partial charge in [0.05, 0.1) is 12.1 Å². The van der Waals surface area contributed by atoms with Gasteiger partial charge >= 0.3 is 0 Å². The molecular formula is C16H18N2O. The lowest BCUT2D eigenvalue weighted by Gasteiger charge is -2.04. The number of unbranched alkanes of at least 4 members (excludes halogenated alkanes) is 1. The largest absolute Gasteiger partial charge is 0.494 e. The highest BCUT2D eigenvalue weighted by Gasteiger charge is 2.05. The number of nitrogens with two attached hydrogens (primary N) is 1. The van der Waals surface area contributed by atoms with Gasteiger partial charge in [-0.15, -0.1) is 0 Å². The SMILES string of the molecule is CCCCOc1ccc2c(c1)[nH]c1cc(N)ccc12. The molecule has 3 N–H and O–H groups in total. The van der Waals surface area contributed by atoms with E-state index in [1.807, 2.05) is 18.2 Å². The first-order chi connectivity index (χ1) is 9.28. The topological polar surface area (TPSA) is 51.0 Å². The number of aromatic nitrogens is 1. The molecule has 2 aromatic carbocycles. The molecule has 0 saturated heterocycles. The second-order valence-electron chi connectivity index (χ2n) is 4.84. The van der Waals surface area contributed by atoms with Gasteiger partial charge in [0.1, 0.15) is 5.75 Å². The fourth-order valence-electron chi connectivity index (χ4n) is 2.33. The number of rotatable bonds is 4. The standard InChI is InChI=1S/C16H18N2O/c1-2-3-8-19-12-5-7-14-13-6-4-11(17)9-15(13)18-16(14)10-12/h4-7,9-10,18H,2-3,8,17H2,1H3. The van der Waals surface area contributed by atoms with Crippen LogP contribution >= 0.6 is 0 Å². The third kappa shape index (κ3) is 2.24. The molecule has 3 rings (SSSR count). The van der Waals surface area contributed by atoms with E-state index in [1.165, 1.54) is 10.8 Å². The van der Waals surface area contributed by atoms with Gasteiger partial charge in [0, 0.05) is 28.0 Å². The Labute approximate surface area is 112 Å². The fourth-order valence-corrected chi connectivity index (χ4v) is 2.33. The quantitative estimate of drug-likeness (QED) is 0.544. The predicted molar refractivity (Wildman–Crippen MR) is 80.6 cm³/mol. The van der Waals surface area contributed by atoms with E-state index in [2.05, 4.69) is 30.1 Å². The van der Waals surface area contributed by atoms with Crippen LogP contribution in [0.1, 0.15) is 19.8 Å². The van der Waals surface area contributed by atoms with Gasteiger partial charge in [-0.05, 0) is 30.7 Å². The first kappa shape index (κ1) is 11.9. The lowest BCUT2D eigenvalue weighted by Crippen LogP contribution is -1.95. The van der Waals surface area contributed by atoms with Crippen molar-refractivity contribution in [1.29, 1.82) is 0 Å². The third-order valence-electron chi connectivity index (χ3n) is 3.36. The van der Waals surface area contributed by atoms with Crippen LogP contribution in [0, 0.1) is 0 Å². The Morgan fingerprint density at radius 3 is 2.58 bits per heavy atom. The summed E-state index contributed by atoms with van der Waals surface area (Å²) in [5.41, 5.74) is 8.75. The van der Waals surface area contributed by atoms with Crippen LogP contribution in [0.25, 0.3) is 21.8 Å². The van der Waals surface area contributed by atoms with Gasteiger partial charge in [0.2, 0.25) is 0 Å². The maximum Gasteiger partial charge on any atom is 0.121 e. The Bertz CT molecular complexity index is 715. The Balaban J connectivity index is 2.01. The number of hydrogen-bond donors (Lipinski definition) is 2. The van der Waals surface area contributed by atoms with Crippen LogP contribution < -0.4 is 10.5 Å². The molecule has 0 aliphatic heterocycles. The molecule has 3 nitrogen and oxygen atoms in total. The number of benzene rings is 2. The van der Waals surface area contributed by atoms with Crippen molar-refractivity contribution < 1.29 is 4.74 Å². The Morgan fingerprint density at radius 2 is 1.79 bits per heavy atom. The van der Waals surface area contributed by atoms with Crippen molar-refractivity contribution in [3.8, 4) is 5.75 Å². The molecule has 3 aromatic rings. The van der Waals surface area contributed by atoms with Gasteiger partial charge in [0.15, 0.2) is 0 Å². The number of ether oxygens (including phenoxy) is 1. The Morgan fingerprint density at radius 1 is 1.05 bits per heavy atom. The highest BCUT2D eigenvalue weighted by molar-refractivity contribution is 6.08. The van der Waals surface area contributed by atoms with Crippen LogP contribution in [0.2, 0.25) is 0 Å². The number of H-pyrrole nitrogens is 1. The highest BCUT2D eigenvalue weighted by atomic mass is 16.5. The zero-order valence-electron chi connectivity index (χ0n) is 11.1. The van der Waals surface area contributed by atoms with Crippen LogP contribution in [0.5, 0.6) is 5.75 Å². The van der Waals surface area contributed by atoms with Crippen molar-refractivity contribution >= 4 is 27.5 Å². The van der Waals surface area contributed by atoms with Gasteiger partial charge in [-0.25, -0.2) is 0 Å². The van der Waals surface area contributed by atoms with Gasteiger partial charge in [-0.2, -0.15) is 0 Å². The van der Waals surface area contributed by atoms with Gasteiger partial charge < -0.3 is 15.5 Å². The zero-order valence-corrected chi connectivity index (χ0v) is 11.1. The molecule has 19 heavy (non-hydrogen) atoms. The minimum Gasteiger partial charge on any atom is -0.494 e. The zero-order chi connectivity index (χ0) is 13.2. The maximum atomic E-state index is 5.81. The average Bonchev–Trinajstić information content (AvgIpc) is 2.75. The van der Waals surface area contributed by atoms with E-state index in [4.69, 9.17) is 10.5 Å². The molecule has 0 bridgehead atoms. The number of aromatic amines is 1. The fraction of sp³-hybridized carbons (Fsp3) is 0.250. The van der Waals surface area contributed by atoms with Gasteiger partial charge in [-0.1, -0.05) is 19.4 Å². The second-order valence-corrected chi connectivity index (χ2v) is 4.84. The molecular weight excluding hydrogens is 236 g/mol. The molecule has 0 radical (unpaired) electrons. The maximum absolute atomic E-state index is 5.81. The molecule has 1 aromatic heterocycles. The van der Waals surface area contributed by atoms with Crippen molar-refractivity contribution in [2.45, 2.75) is 19.8 Å². The summed E-state index contributed by atoms with van der Waals surface area (Å²) in [4.78, 5) is 3.39. The van der Waals surface area contributed by atoms with E-state index in [0.717, 1.165) is 41.9 Å². The summed E-state index contributed by atoms with van der Waals surface area (Å²) < 4.78 is 5.73. The molecule has 0 fully saturated rings. The summed E-state index contributed by atoms with van der Waals surface area (Å²) in [6.45, 7) is 2.93. The monoisotopic (exact) mass is 254 g/mol. The van der Waals surface area contributed by atoms with Crippen molar-refractivity contribution in [3.05, 3.63) is 36.4 Å². The smallest absolute Gasteiger partial charge is 0.121 e. The summed E-state index contributed by atoms with van der Waals surface area (Å²) in [5.74, 6) is 0.917. The molecule has 0 spiro atoms. The highest BCUT2D eigenvalue weighted by Crippen LogP contribution is 2.29. The first-order valence-corrected chi connectivity index (χ1v) is 6.71. The molecule has 1 heterocycles. The molecule has 3 heteroatoms. The van der Waals surface area contributed by atoms with Crippen LogP contribution in [-0.2, 0) is 0 Å². The molecule has 0 saturated carbocycles. The van der Waals surface area contributed by atoms with Crippen LogP contribution in [-0.4, -0.2) is 11.6 Å². The first-order valence-electron chi connectivity index (χ1n) is 6.71. The summed E-state index contributed by atoms with van der Waals surface area (Å²) in [6.07, 6.45) is 2.23. The molecule has 0 aliphatic rings. The Hall–Kier alpha value is -2.16. The predicted octanol–water partition coefficient (Wildman–Crippen LogP) is 4.08. The molecule has 0 aliphatic carbocycles. The summed E-state index contributed by atoms with van der Waals surface area (Å²) in [7, 11) is 0. The van der Waals surface area contributed by atoms with Crippen LogP contribution in [0.4, 0.5) is 5.69 Å². The number of anilines is 1. The lowest BCUT2D eigenvalue weighted by atomic mass is 10.1. The molecule has 0 atom stereocenters. The number of nitrogens with one attached hydrogen (secondary N) is 1. The molecule has 0 amide bonds. The van der Waals surface area contributed by atoms with E-state index in [9.17, 15) is 0 Å². The third-order valence-corrected chi connectivity index (χ3v) is 3.36. The second kappa shape index (κ2) is 4.84. The summed E-state index contributed by atoms with van der Waals surface area (Å²) in [5, 5.41) is 2.40. The van der Waals surface area contributed by atoms with Gasteiger partial charge in [-0.3, -0.25) is 0 Å². The summed E-state index contributed by atoms with van der Waals surface area (Å²) >= 11 is 0. The van der Waals surface area contributed by atoms with E-state index < -0.39 is 0 Å². The van der Waals surface area contributed by atoms with Crippen molar-refractivity contribution in [3.63, 3.8) is 0 Å². The van der Waals surface area contributed by atoms with Crippen molar-refractivity contribution in [2.24, 2.45) is 0 Å².